The minimum atomic E-state index is -0.516. The van der Waals surface area contributed by atoms with E-state index < -0.39 is 60.4 Å². The molecule has 2 nitrogen and oxygen atoms in total. The van der Waals surface area contributed by atoms with Gasteiger partial charge in [0.25, 0.3) is 0 Å². The van der Waals surface area contributed by atoms with E-state index in [0.29, 0.717) is 44.1 Å². The molecule has 0 amide bonds. The number of aromatic nitrogens is 2. The van der Waals surface area contributed by atoms with E-state index in [1.807, 2.05) is 36.4 Å². The minimum absolute atomic E-state index is 0.0241. The van der Waals surface area contributed by atoms with Crippen LogP contribution in [-0.2, 0) is 0 Å². The van der Waals surface area contributed by atoms with Gasteiger partial charge in [0.1, 0.15) is 0 Å². The number of nitrogens with zero attached hydrogens (tertiary/aromatic N) is 2. The summed E-state index contributed by atoms with van der Waals surface area (Å²) >= 11 is 0. The highest BCUT2D eigenvalue weighted by Crippen LogP contribution is 2.53. The predicted octanol–water partition coefficient (Wildman–Crippen LogP) is 11.3. The molecule has 4 heterocycles. The maximum absolute atomic E-state index is 9.55. The first-order chi connectivity index (χ1) is 27.7. The fourth-order valence-corrected chi connectivity index (χ4v) is 7.38. The zero-order valence-corrected chi connectivity index (χ0v) is 22.7. The lowest BCUT2D eigenvalue weighted by Gasteiger charge is -2.15. The van der Waals surface area contributed by atoms with Gasteiger partial charge in [-0.1, -0.05) is 133 Å². The molecular formula is C42H24N2. The first kappa shape index (κ1) is 13.6. The Hall–Kier alpha value is -5.86. The molecule has 0 aliphatic carbocycles. The lowest BCUT2D eigenvalue weighted by molar-refractivity contribution is 1.36. The monoisotopic (exact) mass is 570 g/mol. The van der Waals surface area contributed by atoms with Gasteiger partial charge in [0.15, 0.2) is 0 Å². The third-order valence-corrected chi connectivity index (χ3v) is 8.95. The maximum Gasteiger partial charge on any atom is 0.0645 e. The van der Waals surface area contributed by atoms with Gasteiger partial charge in [-0.2, -0.15) is 0 Å². The Morgan fingerprint density at radius 1 is 0.364 bits per heavy atom. The van der Waals surface area contributed by atoms with Crippen LogP contribution in [0, 0.1) is 0 Å². The van der Waals surface area contributed by atoms with E-state index in [2.05, 4.69) is 0 Å². The van der Waals surface area contributed by atoms with Crippen molar-refractivity contribution in [2.24, 2.45) is 0 Å². The van der Waals surface area contributed by atoms with Crippen LogP contribution in [0.2, 0.25) is 0 Å². The van der Waals surface area contributed by atoms with Gasteiger partial charge in [0.05, 0.1) is 52.3 Å². The van der Waals surface area contributed by atoms with Crippen LogP contribution in [0.15, 0.2) is 145 Å². The molecule has 0 bridgehead atoms. The molecule has 4 aromatic heterocycles. The fourth-order valence-electron chi connectivity index (χ4n) is 7.38. The van der Waals surface area contributed by atoms with Crippen molar-refractivity contribution in [1.82, 2.24) is 8.80 Å². The van der Waals surface area contributed by atoms with Gasteiger partial charge in [0.2, 0.25) is 0 Å². The van der Waals surface area contributed by atoms with Crippen molar-refractivity contribution in [2.75, 3.05) is 0 Å². The van der Waals surface area contributed by atoms with Crippen molar-refractivity contribution in [1.29, 1.82) is 0 Å². The Labute approximate surface area is 271 Å². The molecule has 11 aromatic rings. The predicted molar refractivity (Wildman–Crippen MR) is 187 cm³/mol. The first-order valence-corrected chi connectivity index (χ1v) is 14.2. The Morgan fingerprint density at radius 3 is 1.20 bits per heavy atom. The van der Waals surface area contributed by atoms with Gasteiger partial charge in [-0.25, -0.2) is 0 Å². The summed E-state index contributed by atoms with van der Waals surface area (Å²) in [6, 6.07) is 12.2. The molecule has 0 atom stereocenters. The lowest BCUT2D eigenvalue weighted by Crippen LogP contribution is -1.93. The normalized spacial score (nSPS) is 17.0. The van der Waals surface area contributed by atoms with E-state index in [0.717, 1.165) is 0 Å². The second-order valence-corrected chi connectivity index (χ2v) is 11.0. The number of hydrogen-bond donors (Lipinski definition) is 0. The molecular weight excluding hydrogens is 532 g/mol. The molecule has 0 aliphatic rings. The van der Waals surface area contributed by atoms with E-state index in [-0.39, 0.29) is 78.6 Å². The molecule has 44 heavy (non-hydrogen) atoms. The number of rotatable bonds is 2. The molecule has 11 rings (SSSR count). The highest BCUT2D eigenvalue weighted by atomic mass is 14.9. The quantitative estimate of drug-likeness (QED) is 0.195. The molecule has 0 saturated carbocycles. The standard InChI is InChI=1S/C42H24N2/c1-3-13-25(14-4-1)35-37-31-21-11-19-29-28-18-8-10-24-34(28)44(39(29)31)42(37)36(26-15-5-2-6-16-26)38-32-22-12-20-30-27-17-7-9-23-33(27)43(40(30)32)41(35)38/h1-24H/i7D,8D,9D,10D,11D,12D,17D,18D,19D,20D,21D,22D,23D,24D. The summed E-state index contributed by atoms with van der Waals surface area (Å²) in [5.74, 6) is 0. The van der Waals surface area contributed by atoms with E-state index in [9.17, 15) is 8.22 Å². The summed E-state index contributed by atoms with van der Waals surface area (Å²) in [5.41, 5.74) is 3.25. The lowest BCUT2D eigenvalue weighted by atomic mass is 9.89. The van der Waals surface area contributed by atoms with Crippen LogP contribution >= 0.6 is 0 Å². The Kier molecular flexibility index (Phi) is 2.46. The summed E-state index contributed by atoms with van der Waals surface area (Å²) in [7, 11) is 0. The molecule has 7 aromatic carbocycles. The molecule has 0 fully saturated rings. The summed E-state index contributed by atoms with van der Waals surface area (Å²) in [5, 5.41) is 1.34. The van der Waals surface area contributed by atoms with Crippen LogP contribution < -0.4 is 0 Å². The Bertz CT molecular complexity index is 3460. The summed E-state index contributed by atoms with van der Waals surface area (Å²) in [6.45, 7) is 0. The average molecular weight is 571 g/mol. The second-order valence-electron chi connectivity index (χ2n) is 11.0. The number of benzene rings is 7. The van der Waals surface area contributed by atoms with Gasteiger partial charge in [-0.05, 0) is 23.2 Å². The third-order valence-electron chi connectivity index (χ3n) is 8.95. The molecule has 0 unspecified atom stereocenters. The Balaban J connectivity index is 1.65. The zero-order valence-electron chi connectivity index (χ0n) is 36.7. The van der Waals surface area contributed by atoms with Gasteiger partial charge in [-0.3, -0.25) is 0 Å². The molecule has 0 N–H and O–H groups in total. The smallest absolute Gasteiger partial charge is 0.0645 e. The number of para-hydroxylation sites is 4. The molecule has 0 aliphatic heterocycles. The highest BCUT2D eigenvalue weighted by Gasteiger charge is 2.29. The average Bonchev–Trinajstić information content (AvgIpc) is 3.96. The third kappa shape index (κ3) is 2.56. The summed E-state index contributed by atoms with van der Waals surface area (Å²) < 4.78 is 131. The Morgan fingerprint density at radius 2 is 0.750 bits per heavy atom. The molecule has 2 heteroatoms. The minimum Gasteiger partial charge on any atom is -0.307 e. The summed E-state index contributed by atoms with van der Waals surface area (Å²) in [6.07, 6.45) is 0. The van der Waals surface area contributed by atoms with Crippen molar-refractivity contribution in [3.8, 4) is 22.3 Å². The molecule has 0 spiro atoms. The van der Waals surface area contributed by atoms with Gasteiger partial charge < -0.3 is 8.80 Å². The highest BCUT2D eigenvalue weighted by molar-refractivity contribution is 6.37. The van der Waals surface area contributed by atoms with Gasteiger partial charge >= 0.3 is 0 Å². The fraction of sp³-hybridized carbons (Fsp3) is 0. The summed E-state index contributed by atoms with van der Waals surface area (Å²) in [4.78, 5) is 0. The molecule has 0 radical (unpaired) electrons. The van der Waals surface area contributed by atoms with Crippen molar-refractivity contribution < 1.29 is 19.2 Å². The number of hydrogen-bond acceptors (Lipinski definition) is 0. The second kappa shape index (κ2) is 7.94. The van der Waals surface area contributed by atoms with E-state index in [1.54, 1.807) is 33.1 Å². The molecule has 202 valence electrons. The topological polar surface area (TPSA) is 8.82 Å². The van der Waals surface area contributed by atoms with Crippen LogP contribution in [0.25, 0.3) is 98.4 Å². The van der Waals surface area contributed by atoms with Crippen LogP contribution in [0.5, 0.6) is 0 Å². The van der Waals surface area contributed by atoms with Crippen molar-refractivity contribution in [3.05, 3.63) is 145 Å². The van der Waals surface area contributed by atoms with Crippen LogP contribution in [0.3, 0.4) is 0 Å². The van der Waals surface area contributed by atoms with Crippen molar-refractivity contribution >= 4 is 76.2 Å². The largest absolute Gasteiger partial charge is 0.307 e. The first-order valence-electron chi connectivity index (χ1n) is 21.2. The van der Waals surface area contributed by atoms with Crippen LogP contribution in [-0.4, -0.2) is 8.80 Å². The van der Waals surface area contributed by atoms with Gasteiger partial charge in [-0.15, -0.1) is 0 Å². The molecule has 0 saturated heterocycles. The maximum atomic E-state index is 9.55. The van der Waals surface area contributed by atoms with E-state index in [1.165, 1.54) is 0 Å². The van der Waals surface area contributed by atoms with Crippen molar-refractivity contribution in [2.45, 2.75) is 0 Å². The van der Waals surface area contributed by atoms with Crippen LogP contribution in [0.4, 0.5) is 0 Å². The van der Waals surface area contributed by atoms with E-state index in [4.69, 9.17) is 11.0 Å². The zero-order chi connectivity index (χ0) is 40.7. The number of fused-ring (bicyclic) bond motifs is 12. The SMILES string of the molecule is [2H]c1c([2H])c([2H])c2c(c1[2H])c1c([2H])c([2H])c([2H])c3c4c(-c5ccccc5)c5c(c(-c6ccccc6)c4n2c13)c1c([2H])c([2H])c([2H])c2c3c([2H])c([2H])c([2H])c([2H])c3n5c21. The van der Waals surface area contributed by atoms with Crippen molar-refractivity contribution in [3.63, 3.8) is 0 Å². The van der Waals surface area contributed by atoms with Crippen LogP contribution in [0.1, 0.15) is 19.2 Å². The van der Waals surface area contributed by atoms with E-state index >= 15 is 0 Å². The van der Waals surface area contributed by atoms with Gasteiger partial charge in [0, 0.05) is 54.2 Å².